The Hall–Kier alpha value is -0.780. The number of rotatable bonds is 4. The summed E-state index contributed by atoms with van der Waals surface area (Å²) in [6.07, 6.45) is 0.197. The van der Waals surface area contributed by atoms with Gasteiger partial charge in [-0.25, -0.2) is 0 Å². The second kappa shape index (κ2) is 5.04. The summed E-state index contributed by atoms with van der Waals surface area (Å²) in [6.45, 7) is 0. The van der Waals surface area contributed by atoms with Crippen LogP contribution in [0.2, 0.25) is 0 Å². The van der Waals surface area contributed by atoms with E-state index in [2.05, 4.69) is 5.32 Å². The van der Waals surface area contributed by atoms with Crippen molar-refractivity contribution in [1.82, 2.24) is 5.32 Å². The summed E-state index contributed by atoms with van der Waals surface area (Å²) in [5, 5.41) is 12.1. The number of hydrogen-bond donors (Lipinski definition) is 1. The van der Waals surface area contributed by atoms with Gasteiger partial charge in [-0.1, -0.05) is 0 Å². The Morgan fingerprint density at radius 2 is 2.40 bits per heavy atom. The Kier molecular flexibility index (Phi) is 4.65. The topological polar surface area (TPSA) is 72.2 Å². The van der Waals surface area contributed by atoms with Gasteiger partial charge in [0.15, 0.2) is 0 Å². The Bertz CT molecular complexity index is 138. The van der Waals surface area contributed by atoms with E-state index in [1.807, 2.05) is 0 Å². The minimum Gasteiger partial charge on any atom is -0.359 e. The van der Waals surface area contributed by atoms with E-state index in [0.717, 1.165) is 0 Å². The Labute approximate surface area is 62.5 Å². The molecule has 0 aliphatic heterocycles. The Balaban J connectivity index is 3.20. The second-order valence-electron chi connectivity index (χ2n) is 1.48. The van der Waals surface area contributed by atoms with Gasteiger partial charge in [0.05, 0.1) is 5.75 Å². The fourth-order valence-corrected chi connectivity index (χ4v) is 0.764. The zero-order valence-electron chi connectivity index (χ0n) is 5.49. The Morgan fingerprint density at radius 1 is 1.80 bits per heavy atom. The summed E-state index contributed by atoms with van der Waals surface area (Å²) in [4.78, 5) is 20.2. The maximum Gasteiger partial charge on any atom is 0.228 e. The molecule has 0 rings (SSSR count). The molecule has 6 heteroatoms. The van der Waals surface area contributed by atoms with Crippen molar-refractivity contribution < 1.29 is 9.12 Å². The molecule has 0 saturated carbocycles. The van der Waals surface area contributed by atoms with Crippen molar-refractivity contribution in [3.05, 3.63) is 10.1 Å². The van der Waals surface area contributed by atoms with E-state index in [4.69, 9.17) is 0 Å². The van der Waals surface area contributed by atoms with Gasteiger partial charge < -0.3 is 5.32 Å². The third kappa shape index (κ3) is 5.36. The van der Waals surface area contributed by atoms with Crippen molar-refractivity contribution in [1.29, 1.82) is 0 Å². The van der Waals surface area contributed by atoms with Crippen LogP contribution in [0.4, 0.5) is 0 Å². The highest BCUT2D eigenvalue weighted by molar-refractivity contribution is 7.93. The van der Waals surface area contributed by atoms with Crippen molar-refractivity contribution in [2.75, 3.05) is 12.8 Å². The Morgan fingerprint density at radius 3 is 2.80 bits per heavy atom. The standard InChI is InChI=1S/C4H8N2O3S/c1-5-4(7)2-3-10-6(8)9/h2-3H2,1H3,(H,5,7). The summed E-state index contributed by atoms with van der Waals surface area (Å²) >= 11 is 0.536. The zero-order valence-corrected chi connectivity index (χ0v) is 6.31. The minimum absolute atomic E-state index is 0.172. The largest absolute Gasteiger partial charge is 0.359 e. The third-order valence-electron chi connectivity index (χ3n) is 0.805. The number of nitro groups is 1. The van der Waals surface area contributed by atoms with Crippen LogP contribution in [0.15, 0.2) is 0 Å². The lowest BCUT2D eigenvalue weighted by Gasteiger charge is -1.92. The third-order valence-corrected chi connectivity index (χ3v) is 1.40. The number of hydrogen-bond acceptors (Lipinski definition) is 4. The first-order valence-corrected chi connectivity index (χ1v) is 3.59. The van der Waals surface area contributed by atoms with Crippen molar-refractivity contribution in [2.45, 2.75) is 6.42 Å². The molecule has 5 nitrogen and oxygen atoms in total. The van der Waals surface area contributed by atoms with Gasteiger partial charge in [-0.05, 0) is 0 Å². The van der Waals surface area contributed by atoms with Crippen molar-refractivity contribution in [2.24, 2.45) is 0 Å². The van der Waals surface area contributed by atoms with Gasteiger partial charge in [0, 0.05) is 13.5 Å². The molecular formula is C4H8N2O3S. The molecule has 0 spiro atoms. The lowest BCUT2D eigenvalue weighted by molar-refractivity contribution is -0.284. The molecule has 1 N–H and O–H groups in total. The molecule has 0 aromatic carbocycles. The maximum atomic E-state index is 10.4. The summed E-state index contributed by atoms with van der Waals surface area (Å²) < 4.78 is -0.511. The maximum absolute atomic E-state index is 10.4. The molecular weight excluding hydrogens is 156 g/mol. The van der Waals surface area contributed by atoms with Crippen LogP contribution in [0.1, 0.15) is 6.42 Å². The first-order chi connectivity index (χ1) is 4.66. The highest BCUT2D eigenvalue weighted by atomic mass is 32.2. The number of carbonyl (C=O) groups is 1. The molecule has 0 bridgehead atoms. The molecule has 0 saturated heterocycles. The lowest BCUT2D eigenvalue weighted by atomic mass is 10.5. The molecule has 0 aliphatic carbocycles. The highest BCUT2D eigenvalue weighted by Crippen LogP contribution is 2.00. The monoisotopic (exact) mass is 164 g/mol. The van der Waals surface area contributed by atoms with Gasteiger partial charge in [-0.2, -0.15) is 0 Å². The van der Waals surface area contributed by atoms with Crippen LogP contribution in [0.3, 0.4) is 0 Å². The molecule has 0 aromatic rings. The van der Waals surface area contributed by atoms with Crippen molar-refractivity contribution >= 4 is 17.9 Å². The van der Waals surface area contributed by atoms with Gasteiger partial charge in [0.25, 0.3) is 0 Å². The fourth-order valence-electron chi connectivity index (χ4n) is 0.338. The lowest BCUT2D eigenvalue weighted by Crippen LogP contribution is -2.18. The van der Waals surface area contributed by atoms with Gasteiger partial charge in [0.1, 0.15) is 4.33 Å². The summed E-state index contributed by atoms with van der Waals surface area (Å²) in [7, 11) is 1.50. The predicted molar refractivity (Wildman–Crippen MR) is 38.1 cm³/mol. The molecule has 0 fully saturated rings. The van der Waals surface area contributed by atoms with Crippen LogP contribution < -0.4 is 5.32 Å². The molecule has 0 aliphatic rings. The van der Waals surface area contributed by atoms with E-state index in [-0.39, 0.29) is 18.1 Å². The molecule has 0 atom stereocenters. The van der Waals surface area contributed by atoms with Gasteiger partial charge >= 0.3 is 0 Å². The number of nitrogens with zero attached hydrogens (tertiary/aromatic N) is 1. The van der Waals surface area contributed by atoms with E-state index in [1.54, 1.807) is 0 Å². The molecule has 10 heavy (non-hydrogen) atoms. The first-order valence-electron chi connectivity index (χ1n) is 2.64. The van der Waals surface area contributed by atoms with E-state index >= 15 is 0 Å². The van der Waals surface area contributed by atoms with Gasteiger partial charge in [0.2, 0.25) is 17.9 Å². The molecule has 0 unspecified atom stereocenters. The zero-order chi connectivity index (χ0) is 7.98. The van der Waals surface area contributed by atoms with Crippen LogP contribution in [0.5, 0.6) is 0 Å². The summed E-state index contributed by atoms with van der Waals surface area (Å²) in [6, 6.07) is 0. The van der Waals surface area contributed by atoms with Crippen LogP contribution in [0.25, 0.3) is 0 Å². The number of nitrogens with one attached hydrogen (secondary N) is 1. The SMILES string of the molecule is CNC(=O)CCS[N+](=O)[O-]. The quantitative estimate of drug-likeness (QED) is 0.362. The molecule has 58 valence electrons. The highest BCUT2D eigenvalue weighted by Gasteiger charge is 2.03. The smallest absolute Gasteiger partial charge is 0.228 e. The molecule has 1 amide bonds. The molecule has 0 radical (unpaired) electrons. The average molecular weight is 164 g/mol. The van der Waals surface area contributed by atoms with Crippen LogP contribution in [-0.2, 0) is 4.79 Å². The van der Waals surface area contributed by atoms with E-state index < -0.39 is 4.33 Å². The van der Waals surface area contributed by atoms with Crippen LogP contribution in [-0.4, -0.2) is 23.0 Å². The number of carbonyl (C=O) groups excluding carboxylic acids is 1. The number of amides is 1. The van der Waals surface area contributed by atoms with Gasteiger partial charge in [-0.15, -0.1) is 0 Å². The fraction of sp³-hybridized carbons (Fsp3) is 0.750. The summed E-state index contributed by atoms with van der Waals surface area (Å²) in [5.74, 6) is 0.0569. The van der Waals surface area contributed by atoms with Gasteiger partial charge in [-0.3, -0.25) is 14.9 Å². The summed E-state index contributed by atoms with van der Waals surface area (Å²) in [5.41, 5.74) is 0. The first kappa shape index (κ1) is 9.22. The molecule has 0 heterocycles. The predicted octanol–water partition coefficient (Wildman–Crippen LogP) is 0.0474. The van der Waals surface area contributed by atoms with Crippen LogP contribution >= 0.6 is 11.9 Å². The van der Waals surface area contributed by atoms with E-state index in [9.17, 15) is 14.9 Å². The second-order valence-corrected chi connectivity index (χ2v) is 2.44. The van der Waals surface area contributed by atoms with E-state index in [1.165, 1.54) is 7.05 Å². The van der Waals surface area contributed by atoms with Crippen molar-refractivity contribution in [3.63, 3.8) is 0 Å². The normalized spacial score (nSPS) is 8.90. The molecule has 0 aromatic heterocycles. The van der Waals surface area contributed by atoms with E-state index in [0.29, 0.717) is 11.9 Å². The minimum atomic E-state index is -0.511. The van der Waals surface area contributed by atoms with Crippen molar-refractivity contribution in [3.8, 4) is 0 Å². The average Bonchev–Trinajstić information content (AvgIpc) is 1.87. The van der Waals surface area contributed by atoms with Crippen LogP contribution in [0, 0.1) is 10.1 Å².